The lowest BCUT2D eigenvalue weighted by Gasteiger charge is -2.16. The van der Waals surface area contributed by atoms with Crippen LogP contribution >= 0.6 is 0 Å². The molecule has 2 rings (SSSR count). The van der Waals surface area contributed by atoms with Gasteiger partial charge in [0.2, 0.25) is 0 Å². The Morgan fingerprint density at radius 1 is 0.971 bits per heavy atom. The molecular weight excluding hydrogens is 460 g/mol. The largest absolute Gasteiger partial charge is 0.466 e. The molecule has 2 aromatic rings. The van der Waals surface area contributed by atoms with Crippen LogP contribution in [-0.4, -0.2) is 46.0 Å². The summed E-state index contributed by atoms with van der Waals surface area (Å²) in [5.41, 5.74) is 2.14. The van der Waals surface area contributed by atoms with Crippen LogP contribution in [0.25, 0.3) is 0 Å². The highest BCUT2D eigenvalue weighted by Crippen LogP contribution is 2.26. The van der Waals surface area contributed by atoms with Crippen molar-refractivity contribution in [3.63, 3.8) is 0 Å². The van der Waals surface area contributed by atoms with Gasteiger partial charge in [-0.25, -0.2) is 13.2 Å². The second-order valence-corrected chi connectivity index (χ2v) is 9.33. The van der Waals surface area contributed by atoms with Crippen LogP contribution < -0.4 is 10.0 Å². The predicted molar refractivity (Wildman–Crippen MR) is 127 cm³/mol. The highest BCUT2D eigenvalue weighted by Gasteiger charge is 2.23. The van der Waals surface area contributed by atoms with E-state index in [0.717, 1.165) is 5.56 Å². The van der Waals surface area contributed by atoms with Crippen LogP contribution in [0.4, 0.5) is 5.69 Å². The van der Waals surface area contributed by atoms with E-state index in [4.69, 9.17) is 9.47 Å². The number of hydrogen-bond donors (Lipinski definition) is 2. The zero-order chi connectivity index (χ0) is 25.3. The Labute approximate surface area is 199 Å². The molecule has 0 saturated heterocycles. The smallest absolute Gasteiger partial charge is 0.340 e. The van der Waals surface area contributed by atoms with Gasteiger partial charge in [-0.15, -0.1) is 0 Å². The maximum absolute atomic E-state index is 13.1. The van der Waals surface area contributed by atoms with Crippen LogP contribution in [0.3, 0.4) is 0 Å². The molecule has 0 aliphatic rings. The molecule has 1 amide bonds. The van der Waals surface area contributed by atoms with Crippen molar-refractivity contribution in [2.24, 2.45) is 0 Å². The van der Waals surface area contributed by atoms with E-state index in [1.165, 1.54) is 12.1 Å². The minimum atomic E-state index is -3.98. The molecule has 0 aliphatic heterocycles. The van der Waals surface area contributed by atoms with Crippen molar-refractivity contribution in [3.8, 4) is 0 Å². The quantitative estimate of drug-likeness (QED) is 0.366. The normalized spacial score (nSPS) is 10.9. The first-order valence-electron chi connectivity index (χ1n) is 10.8. The maximum atomic E-state index is 13.1. The molecule has 34 heavy (non-hydrogen) atoms. The fraction of sp³-hybridized carbons (Fsp3) is 0.375. The van der Waals surface area contributed by atoms with Crippen LogP contribution in [0.1, 0.15) is 46.8 Å². The summed E-state index contributed by atoms with van der Waals surface area (Å²) in [5.74, 6) is -1.74. The van der Waals surface area contributed by atoms with Crippen LogP contribution in [-0.2, 0) is 29.1 Å². The van der Waals surface area contributed by atoms with Crippen molar-refractivity contribution in [3.05, 3.63) is 58.7 Å². The SMILES string of the molecule is CCOC(=O)CCCNC(=O)COC(=O)c1ccccc1NS(=O)(=O)c1c(C)cc(C)cc1C. The molecule has 0 heterocycles. The fourth-order valence-electron chi connectivity index (χ4n) is 3.49. The van der Waals surface area contributed by atoms with Gasteiger partial charge in [-0.05, 0) is 57.4 Å². The van der Waals surface area contributed by atoms with Gasteiger partial charge in [0, 0.05) is 13.0 Å². The average molecular weight is 491 g/mol. The number of carbonyl (C=O) groups excluding carboxylic acids is 3. The minimum Gasteiger partial charge on any atom is -0.466 e. The molecule has 0 aliphatic carbocycles. The van der Waals surface area contributed by atoms with E-state index >= 15 is 0 Å². The number of esters is 2. The van der Waals surface area contributed by atoms with Crippen LogP contribution in [0.2, 0.25) is 0 Å². The maximum Gasteiger partial charge on any atom is 0.340 e. The average Bonchev–Trinajstić information content (AvgIpc) is 2.74. The lowest BCUT2D eigenvalue weighted by molar-refractivity contribution is -0.143. The van der Waals surface area contributed by atoms with Gasteiger partial charge in [0.25, 0.3) is 15.9 Å². The van der Waals surface area contributed by atoms with E-state index < -0.39 is 28.5 Å². The number of sulfonamides is 1. The summed E-state index contributed by atoms with van der Waals surface area (Å²) in [6, 6.07) is 9.54. The number of benzene rings is 2. The number of ether oxygens (including phenoxy) is 2. The Kier molecular flexibility index (Phi) is 9.61. The molecular formula is C24H30N2O7S. The van der Waals surface area contributed by atoms with E-state index in [9.17, 15) is 22.8 Å². The molecule has 0 atom stereocenters. The molecule has 0 bridgehead atoms. The Bertz CT molecular complexity index is 1140. The van der Waals surface area contributed by atoms with E-state index in [0.29, 0.717) is 24.2 Å². The van der Waals surface area contributed by atoms with Gasteiger partial charge >= 0.3 is 11.9 Å². The molecule has 9 nitrogen and oxygen atoms in total. The number of nitrogens with one attached hydrogen (secondary N) is 2. The number of carbonyl (C=O) groups is 3. The first kappa shape index (κ1) is 26.8. The molecule has 0 unspecified atom stereocenters. The Balaban J connectivity index is 2.02. The first-order valence-corrected chi connectivity index (χ1v) is 12.3. The zero-order valence-corrected chi connectivity index (χ0v) is 20.6. The van der Waals surface area contributed by atoms with Gasteiger partial charge < -0.3 is 14.8 Å². The number of rotatable bonds is 11. The standard InChI is InChI=1S/C24H30N2O7S/c1-5-32-22(28)11-8-12-25-21(27)15-33-24(29)19-9-6-7-10-20(19)26-34(30,31)23-17(3)13-16(2)14-18(23)4/h6-7,9-10,13-14,26H,5,8,11-12,15H2,1-4H3,(H,25,27). The van der Waals surface area contributed by atoms with Gasteiger partial charge in [0.15, 0.2) is 6.61 Å². The second kappa shape index (κ2) is 12.2. The highest BCUT2D eigenvalue weighted by molar-refractivity contribution is 7.92. The summed E-state index contributed by atoms with van der Waals surface area (Å²) in [5, 5.41) is 2.54. The molecule has 10 heteroatoms. The van der Waals surface area contributed by atoms with Gasteiger partial charge in [0.05, 0.1) is 22.8 Å². The molecule has 0 radical (unpaired) electrons. The lowest BCUT2D eigenvalue weighted by atomic mass is 10.1. The van der Waals surface area contributed by atoms with Gasteiger partial charge in [-0.3, -0.25) is 14.3 Å². The van der Waals surface area contributed by atoms with Crippen LogP contribution in [0.15, 0.2) is 41.3 Å². The Hall–Kier alpha value is -3.40. The predicted octanol–water partition coefficient (Wildman–Crippen LogP) is 3.03. The third-order valence-electron chi connectivity index (χ3n) is 4.78. The molecule has 184 valence electrons. The topological polar surface area (TPSA) is 128 Å². The summed E-state index contributed by atoms with van der Waals surface area (Å²) in [4.78, 5) is 35.9. The number of para-hydroxylation sites is 1. The van der Waals surface area contributed by atoms with Gasteiger partial charge in [0.1, 0.15) is 0 Å². The summed E-state index contributed by atoms with van der Waals surface area (Å²) >= 11 is 0. The van der Waals surface area contributed by atoms with Gasteiger partial charge in [-0.2, -0.15) is 0 Å². The van der Waals surface area contributed by atoms with E-state index in [2.05, 4.69) is 10.0 Å². The fourth-order valence-corrected chi connectivity index (χ4v) is 5.03. The number of hydrogen-bond acceptors (Lipinski definition) is 7. The summed E-state index contributed by atoms with van der Waals surface area (Å²) in [6.45, 7) is 6.98. The number of anilines is 1. The third-order valence-corrected chi connectivity index (χ3v) is 6.45. The van der Waals surface area contributed by atoms with Gasteiger partial charge in [-0.1, -0.05) is 29.8 Å². The van der Waals surface area contributed by atoms with Crippen LogP contribution in [0.5, 0.6) is 0 Å². The van der Waals surface area contributed by atoms with E-state index in [1.54, 1.807) is 45.0 Å². The minimum absolute atomic E-state index is 0.0244. The molecule has 0 fully saturated rings. The van der Waals surface area contributed by atoms with Crippen molar-refractivity contribution < 1.29 is 32.3 Å². The van der Waals surface area contributed by atoms with E-state index in [-0.39, 0.29) is 35.1 Å². The highest BCUT2D eigenvalue weighted by atomic mass is 32.2. The number of amides is 1. The molecule has 0 aromatic heterocycles. The first-order chi connectivity index (χ1) is 16.0. The Morgan fingerprint density at radius 2 is 1.62 bits per heavy atom. The molecule has 2 aromatic carbocycles. The lowest BCUT2D eigenvalue weighted by Crippen LogP contribution is -2.30. The third kappa shape index (κ3) is 7.58. The van der Waals surface area contributed by atoms with Crippen molar-refractivity contribution in [1.82, 2.24) is 5.32 Å². The summed E-state index contributed by atoms with van der Waals surface area (Å²) < 4.78 is 38.5. The second-order valence-electron chi connectivity index (χ2n) is 7.71. The Morgan fingerprint density at radius 3 is 2.26 bits per heavy atom. The summed E-state index contributed by atoms with van der Waals surface area (Å²) in [6.07, 6.45) is 0.558. The summed E-state index contributed by atoms with van der Waals surface area (Å²) in [7, 11) is -3.98. The van der Waals surface area contributed by atoms with Crippen molar-refractivity contribution in [1.29, 1.82) is 0 Å². The molecule has 2 N–H and O–H groups in total. The van der Waals surface area contributed by atoms with Crippen LogP contribution in [0, 0.1) is 20.8 Å². The monoisotopic (exact) mass is 490 g/mol. The molecule has 0 saturated carbocycles. The van der Waals surface area contributed by atoms with Crippen molar-refractivity contribution >= 4 is 33.6 Å². The van der Waals surface area contributed by atoms with E-state index in [1.807, 2.05) is 6.92 Å². The zero-order valence-electron chi connectivity index (χ0n) is 19.8. The number of aryl methyl sites for hydroxylation is 3. The molecule has 0 spiro atoms. The van der Waals surface area contributed by atoms with Crippen molar-refractivity contribution in [2.45, 2.75) is 45.4 Å². The van der Waals surface area contributed by atoms with Crippen molar-refractivity contribution in [2.75, 3.05) is 24.5 Å².